The summed E-state index contributed by atoms with van der Waals surface area (Å²) in [6.45, 7) is 3.55. The Kier molecular flexibility index (Phi) is 4.04. The summed E-state index contributed by atoms with van der Waals surface area (Å²) in [5.41, 5.74) is 5.74. The fraction of sp³-hybridized carbons (Fsp3) is 0.500. The SMILES string of the molecule is CC(C)=CC(CC(N)=O)C(=O)O. The number of hydrogen-bond donors (Lipinski definition) is 2. The number of carboxylic acid groups (broad SMARTS) is 1. The van der Waals surface area contributed by atoms with Crippen molar-refractivity contribution < 1.29 is 14.7 Å². The van der Waals surface area contributed by atoms with Crippen LogP contribution in [0.1, 0.15) is 20.3 Å². The minimum atomic E-state index is -1.02. The highest BCUT2D eigenvalue weighted by Gasteiger charge is 2.16. The van der Waals surface area contributed by atoms with E-state index in [0.717, 1.165) is 5.57 Å². The summed E-state index contributed by atoms with van der Waals surface area (Å²) in [5, 5.41) is 8.62. The van der Waals surface area contributed by atoms with Crippen LogP contribution in [0.5, 0.6) is 0 Å². The van der Waals surface area contributed by atoms with Gasteiger partial charge in [0.15, 0.2) is 0 Å². The Morgan fingerprint density at radius 1 is 1.50 bits per heavy atom. The summed E-state index contributed by atoms with van der Waals surface area (Å²) in [4.78, 5) is 20.9. The molecule has 4 heteroatoms. The minimum Gasteiger partial charge on any atom is -0.481 e. The molecule has 0 aromatic carbocycles. The summed E-state index contributed by atoms with van der Waals surface area (Å²) >= 11 is 0. The van der Waals surface area contributed by atoms with Crippen LogP contribution in [0.4, 0.5) is 0 Å². The van der Waals surface area contributed by atoms with Crippen LogP contribution >= 0.6 is 0 Å². The lowest BCUT2D eigenvalue weighted by Crippen LogP contribution is -2.21. The summed E-state index contributed by atoms with van der Waals surface area (Å²) in [6, 6.07) is 0. The molecule has 0 radical (unpaired) electrons. The van der Waals surface area contributed by atoms with E-state index in [0.29, 0.717) is 0 Å². The first kappa shape index (κ1) is 10.7. The van der Waals surface area contributed by atoms with Crippen LogP contribution in [0.15, 0.2) is 11.6 Å². The molecule has 0 rings (SSSR count). The number of carbonyl (C=O) groups is 2. The number of rotatable bonds is 4. The third-order valence-electron chi connectivity index (χ3n) is 1.27. The van der Waals surface area contributed by atoms with E-state index in [1.807, 2.05) is 0 Å². The smallest absolute Gasteiger partial charge is 0.310 e. The van der Waals surface area contributed by atoms with Gasteiger partial charge in [-0.15, -0.1) is 0 Å². The molecule has 0 saturated carbocycles. The molecule has 3 N–H and O–H groups in total. The molecule has 0 heterocycles. The number of carbonyl (C=O) groups excluding carboxylic acids is 1. The zero-order valence-corrected chi connectivity index (χ0v) is 7.20. The number of allylic oxidation sites excluding steroid dienone is 1. The second-order valence-electron chi connectivity index (χ2n) is 2.86. The molecule has 0 aliphatic heterocycles. The van der Waals surface area contributed by atoms with E-state index in [1.54, 1.807) is 13.8 Å². The molecule has 68 valence electrons. The molecular formula is C8H13NO3. The maximum absolute atomic E-state index is 10.5. The molecule has 0 fully saturated rings. The maximum atomic E-state index is 10.5. The molecule has 1 amide bonds. The van der Waals surface area contributed by atoms with Crippen molar-refractivity contribution in [3.63, 3.8) is 0 Å². The molecule has 0 aromatic rings. The predicted octanol–water partition coefficient (Wildman–Crippen LogP) is 0.529. The zero-order valence-electron chi connectivity index (χ0n) is 7.20. The van der Waals surface area contributed by atoms with Gasteiger partial charge in [-0.3, -0.25) is 9.59 Å². The van der Waals surface area contributed by atoms with E-state index in [4.69, 9.17) is 10.8 Å². The number of carboxylic acids is 1. The van der Waals surface area contributed by atoms with Crippen molar-refractivity contribution in [2.45, 2.75) is 20.3 Å². The fourth-order valence-corrected chi connectivity index (χ4v) is 0.837. The van der Waals surface area contributed by atoms with Gasteiger partial charge in [-0.2, -0.15) is 0 Å². The molecule has 0 spiro atoms. The van der Waals surface area contributed by atoms with Gasteiger partial charge in [0, 0.05) is 6.42 Å². The fourth-order valence-electron chi connectivity index (χ4n) is 0.837. The largest absolute Gasteiger partial charge is 0.481 e. The Labute approximate surface area is 71.1 Å². The van der Waals surface area contributed by atoms with E-state index in [9.17, 15) is 9.59 Å². The van der Waals surface area contributed by atoms with Gasteiger partial charge < -0.3 is 10.8 Å². The average molecular weight is 171 g/mol. The molecule has 4 nitrogen and oxygen atoms in total. The Morgan fingerprint density at radius 3 is 2.25 bits per heavy atom. The van der Waals surface area contributed by atoms with Crippen molar-refractivity contribution >= 4 is 11.9 Å². The van der Waals surface area contributed by atoms with Crippen molar-refractivity contribution in [1.82, 2.24) is 0 Å². The molecule has 1 unspecified atom stereocenters. The van der Waals surface area contributed by atoms with Gasteiger partial charge in [0.2, 0.25) is 5.91 Å². The maximum Gasteiger partial charge on any atom is 0.310 e. The summed E-state index contributed by atoms with van der Waals surface area (Å²) in [7, 11) is 0. The number of primary amides is 1. The van der Waals surface area contributed by atoms with E-state index in [-0.39, 0.29) is 6.42 Å². The second kappa shape index (κ2) is 4.54. The topological polar surface area (TPSA) is 80.4 Å². The molecule has 0 saturated heterocycles. The van der Waals surface area contributed by atoms with Gasteiger partial charge in [0.05, 0.1) is 5.92 Å². The Hall–Kier alpha value is -1.32. The van der Waals surface area contributed by atoms with Gasteiger partial charge in [0.1, 0.15) is 0 Å². The van der Waals surface area contributed by atoms with Crippen LogP contribution in [0.3, 0.4) is 0 Å². The Morgan fingerprint density at radius 2 is 2.00 bits per heavy atom. The lowest BCUT2D eigenvalue weighted by molar-refractivity contribution is -0.141. The molecule has 0 aliphatic carbocycles. The van der Waals surface area contributed by atoms with Gasteiger partial charge in [-0.25, -0.2) is 0 Å². The molecule has 12 heavy (non-hydrogen) atoms. The third kappa shape index (κ3) is 4.49. The van der Waals surface area contributed by atoms with Crippen LogP contribution in [0.2, 0.25) is 0 Å². The highest BCUT2D eigenvalue weighted by Crippen LogP contribution is 2.07. The van der Waals surface area contributed by atoms with Crippen molar-refractivity contribution in [3.05, 3.63) is 11.6 Å². The second-order valence-corrected chi connectivity index (χ2v) is 2.86. The van der Waals surface area contributed by atoms with E-state index < -0.39 is 17.8 Å². The number of aliphatic carboxylic acids is 1. The summed E-state index contributed by atoms with van der Waals surface area (Å²) < 4.78 is 0. The van der Waals surface area contributed by atoms with Crippen molar-refractivity contribution in [3.8, 4) is 0 Å². The molecule has 0 aromatic heterocycles. The van der Waals surface area contributed by atoms with Gasteiger partial charge in [0.25, 0.3) is 0 Å². The number of amides is 1. The highest BCUT2D eigenvalue weighted by molar-refractivity contribution is 5.82. The first-order chi connectivity index (χ1) is 5.43. The van der Waals surface area contributed by atoms with Gasteiger partial charge >= 0.3 is 5.97 Å². The van der Waals surface area contributed by atoms with Crippen LogP contribution in [-0.4, -0.2) is 17.0 Å². The molecule has 0 bridgehead atoms. The third-order valence-corrected chi connectivity index (χ3v) is 1.27. The minimum absolute atomic E-state index is 0.138. The van der Waals surface area contributed by atoms with E-state index in [2.05, 4.69) is 0 Å². The molecule has 1 atom stereocenters. The molecule has 0 aliphatic rings. The van der Waals surface area contributed by atoms with Crippen LogP contribution in [0, 0.1) is 5.92 Å². The van der Waals surface area contributed by atoms with Crippen LogP contribution in [-0.2, 0) is 9.59 Å². The normalized spacial score (nSPS) is 11.8. The lowest BCUT2D eigenvalue weighted by atomic mass is 10.0. The predicted molar refractivity (Wildman–Crippen MR) is 44.4 cm³/mol. The van der Waals surface area contributed by atoms with E-state index >= 15 is 0 Å². The standard InChI is InChI=1S/C8H13NO3/c1-5(2)3-6(8(11)12)4-7(9)10/h3,6H,4H2,1-2H3,(H2,9,10)(H,11,12). The summed E-state index contributed by atoms with van der Waals surface area (Å²) in [6.07, 6.45) is 1.38. The monoisotopic (exact) mass is 171 g/mol. The van der Waals surface area contributed by atoms with Crippen molar-refractivity contribution in [2.24, 2.45) is 11.7 Å². The van der Waals surface area contributed by atoms with Crippen molar-refractivity contribution in [1.29, 1.82) is 0 Å². The van der Waals surface area contributed by atoms with Crippen molar-refractivity contribution in [2.75, 3.05) is 0 Å². The van der Waals surface area contributed by atoms with Gasteiger partial charge in [-0.05, 0) is 13.8 Å². The van der Waals surface area contributed by atoms with Crippen LogP contribution < -0.4 is 5.73 Å². The Bertz CT molecular complexity index is 216. The quantitative estimate of drug-likeness (QED) is 0.605. The number of hydrogen-bond acceptors (Lipinski definition) is 2. The van der Waals surface area contributed by atoms with Crippen LogP contribution in [0.25, 0.3) is 0 Å². The summed E-state index contributed by atoms with van der Waals surface area (Å²) in [5.74, 6) is -2.40. The van der Waals surface area contributed by atoms with Gasteiger partial charge in [-0.1, -0.05) is 11.6 Å². The molecular weight excluding hydrogens is 158 g/mol. The first-order valence-electron chi connectivity index (χ1n) is 3.59. The number of nitrogens with two attached hydrogens (primary N) is 1. The Balaban J connectivity index is 4.35. The van der Waals surface area contributed by atoms with E-state index in [1.165, 1.54) is 6.08 Å². The lowest BCUT2D eigenvalue weighted by Gasteiger charge is -2.04. The average Bonchev–Trinajstić information content (AvgIpc) is 1.83. The first-order valence-corrected chi connectivity index (χ1v) is 3.59. The zero-order chi connectivity index (χ0) is 9.72. The highest BCUT2D eigenvalue weighted by atomic mass is 16.4.